The van der Waals surface area contributed by atoms with Gasteiger partial charge in [0.1, 0.15) is 0 Å². The maximum atomic E-state index is 11.8. The Morgan fingerprint density at radius 1 is 1.23 bits per heavy atom. The first-order chi connectivity index (χ1) is 10.4. The molecule has 1 aromatic rings. The number of rotatable bonds is 3. The molecule has 1 amide bonds. The lowest BCUT2D eigenvalue weighted by Crippen LogP contribution is -2.59. The first-order valence-electron chi connectivity index (χ1n) is 7.90. The minimum absolute atomic E-state index is 0.428. The van der Waals surface area contributed by atoms with Gasteiger partial charge in [-0.25, -0.2) is 4.79 Å². The molecule has 1 unspecified atom stereocenters. The van der Waals surface area contributed by atoms with Crippen molar-refractivity contribution in [3.63, 3.8) is 0 Å². The number of ether oxygens (including phenoxy) is 1. The average molecular weight is 304 g/mol. The topological polar surface area (TPSA) is 53.0 Å². The zero-order valence-corrected chi connectivity index (χ0v) is 13.3. The van der Waals surface area contributed by atoms with Crippen LogP contribution in [0.25, 0.3) is 0 Å². The summed E-state index contributed by atoms with van der Waals surface area (Å²) in [4.78, 5) is 15.5. The van der Waals surface area contributed by atoms with Crippen LogP contribution in [-0.2, 0) is 11.2 Å². The predicted octanol–water partition coefficient (Wildman–Crippen LogP) is 1.85. The van der Waals surface area contributed by atoms with Crippen LogP contribution in [0.15, 0.2) is 30.3 Å². The third kappa shape index (κ3) is 2.48. The minimum atomic E-state index is -1.23. The predicted molar refractivity (Wildman–Crippen MR) is 83.4 cm³/mol. The van der Waals surface area contributed by atoms with Crippen LogP contribution in [0.5, 0.6) is 0 Å². The molecule has 1 N–H and O–H groups in total. The minimum Gasteiger partial charge on any atom is -0.437 e. The van der Waals surface area contributed by atoms with Crippen molar-refractivity contribution in [2.45, 2.75) is 37.5 Å². The van der Waals surface area contributed by atoms with E-state index in [1.54, 1.807) is 14.0 Å². The van der Waals surface area contributed by atoms with Gasteiger partial charge in [-0.1, -0.05) is 30.3 Å². The number of likely N-dealkylation sites (N-methyl/N-ethyl adjacent to an activating group) is 1. The molecular formula is C17H24N2O3. The number of carbonyl (C=O) groups excluding carboxylic acids is 1. The normalized spacial score (nSPS) is 28.1. The second kappa shape index (κ2) is 5.56. The Hall–Kier alpha value is -1.59. The number of hydrogen-bond acceptors (Lipinski definition) is 4. The van der Waals surface area contributed by atoms with E-state index in [0.29, 0.717) is 12.8 Å². The third-order valence-electron chi connectivity index (χ3n) is 5.30. The third-order valence-corrected chi connectivity index (χ3v) is 5.30. The summed E-state index contributed by atoms with van der Waals surface area (Å²) in [5.41, 5.74) is -0.653. The van der Waals surface area contributed by atoms with Crippen molar-refractivity contribution in [3.05, 3.63) is 35.9 Å². The van der Waals surface area contributed by atoms with Gasteiger partial charge in [0.15, 0.2) is 11.3 Å². The van der Waals surface area contributed by atoms with E-state index in [2.05, 4.69) is 29.2 Å². The van der Waals surface area contributed by atoms with Crippen LogP contribution in [-0.4, -0.2) is 59.0 Å². The summed E-state index contributed by atoms with van der Waals surface area (Å²) in [5.74, 6) is 0. The molecule has 0 bridgehead atoms. The van der Waals surface area contributed by atoms with Crippen LogP contribution in [0, 0.1) is 0 Å². The Balaban J connectivity index is 1.58. The van der Waals surface area contributed by atoms with Gasteiger partial charge in [0.25, 0.3) is 0 Å². The first kappa shape index (κ1) is 15.3. The largest absolute Gasteiger partial charge is 0.437 e. The number of aliphatic hydroxyl groups is 1. The highest BCUT2D eigenvalue weighted by Crippen LogP contribution is 2.43. The SMILES string of the molecule is CN1C(=O)OC2(CCN(CCc3ccccc3)CC2)C1(C)O. The molecule has 1 atom stereocenters. The van der Waals surface area contributed by atoms with Gasteiger partial charge < -0.3 is 14.7 Å². The van der Waals surface area contributed by atoms with Gasteiger partial charge in [0.2, 0.25) is 0 Å². The fourth-order valence-electron chi connectivity index (χ4n) is 3.46. The molecule has 2 heterocycles. The maximum absolute atomic E-state index is 11.8. The van der Waals surface area contributed by atoms with Crippen LogP contribution in [0.4, 0.5) is 4.79 Å². The Morgan fingerprint density at radius 2 is 1.86 bits per heavy atom. The number of nitrogens with zero attached hydrogens (tertiary/aromatic N) is 2. The molecular weight excluding hydrogens is 280 g/mol. The molecule has 2 aliphatic heterocycles. The van der Waals surface area contributed by atoms with Crippen molar-refractivity contribution in [1.82, 2.24) is 9.80 Å². The highest BCUT2D eigenvalue weighted by Gasteiger charge is 2.61. The lowest BCUT2D eigenvalue weighted by Gasteiger charge is -2.44. The maximum Gasteiger partial charge on any atom is 0.412 e. The van der Waals surface area contributed by atoms with Crippen LogP contribution in [0.3, 0.4) is 0 Å². The lowest BCUT2D eigenvalue weighted by molar-refractivity contribution is -0.160. The fourth-order valence-corrected chi connectivity index (χ4v) is 3.46. The Labute approximate surface area is 131 Å². The van der Waals surface area contributed by atoms with E-state index in [1.807, 2.05) is 6.07 Å². The highest BCUT2D eigenvalue weighted by molar-refractivity contribution is 5.71. The van der Waals surface area contributed by atoms with Gasteiger partial charge in [0.05, 0.1) is 0 Å². The van der Waals surface area contributed by atoms with Gasteiger partial charge in [-0.05, 0) is 18.9 Å². The van der Waals surface area contributed by atoms with E-state index < -0.39 is 17.4 Å². The summed E-state index contributed by atoms with van der Waals surface area (Å²) in [6, 6.07) is 10.4. The number of carbonyl (C=O) groups is 1. The zero-order valence-electron chi connectivity index (χ0n) is 13.3. The molecule has 2 saturated heterocycles. The smallest absolute Gasteiger partial charge is 0.412 e. The number of hydrogen-bond donors (Lipinski definition) is 1. The summed E-state index contributed by atoms with van der Waals surface area (Å²) >= 11 is 0. The van der Waals surface area contributed by atoms with E-state index >= 15 is 0 Å². The number of piperidine rings is 1. The Kier molecular flexibility index (Phi) is 3.87. The van der Waals surface area contributed by atoms with Gasteiger partial charge in [-0.15, -0.1) is 0 Å². The molecule has 1 spiro atoms. The van der Waals surface area contributed by atoms with Gasteiger partial charge >= 0.3 is 6.09 Å². The molecule has 0 aromatic heterocycles. The van der Waals surface area contributed by atoms with Crippen molar-refractivity contribution >= 4 is 6.09 Å². The molecule has 3 rings (SSSR count). The lowest BCUT2D eigenvalue weighted by atomic mass is 9.82. The second-order valence-electron chi connectivity index (χ2n) is 6.52. The van der Waals surface area contributed by atoms with Crippen molar-refractivity contribution < 1.29 is 14.6 Å². The molecule has 5 nitrogen and oxygen atoms in total. The van der Waals surface area contributed by atoms with Crippen molar-refractivity contribution in [2.24, 2.45) is 0 Å². The van der Waals surface area contributed by atoms with E-state index in [4.69, 9.17) is 4.74 Å². The van der Waals surface area contributed by atoms with E-state index in [-0.39, 0.29) is 0 Å². The van der Waals surface area contributed by atoms with Gasteiger partial charge in [-0.3, -0.25) is 4.90 Å². The first-order valence-corrected chi connectivity index (χ1v) is 7.90. The van der Waals surface area contributed by atoms with Crippen molar-refractivity contribution in [2.75, 3.05) is 26.7 Å². The molecule has 0 radical (unpaired) electrons. The van der Waals surface area contributed by atoms with Crippen molar-refractivity contribution in [1.29, 1.82) is 0 Å². The van der Waals surface area contributed by atoms with E-state index in [0.717, 1.165) is 26.1 Å². The van der Waals surface area contributed by atoms with Crippen LogP contribution in [0.2, 0.25) is 0 Å². The summed E-state index contributed by atoms with van der Waals surface area (Å²) in [5, 5.41) is 10.7. The Morgan fingerprint density at radius 3 is 2.41 bits per heavy atom. The molecule has 0 aliphatic carbocycles. The Bertz CT molecular complexity index is 536. The van der Waals surface area contributed by atoms with Gasteiger partial charge in [-0.2, -0.15) is 0 Å². The molecule has 5 heteroatoms. The van der Waals surface area contributed by atoms with Crippen molar-refractivity contribution in [3.8, 4) is 0 Å². The van der Waals surface area contributed by atoms with Crippen LogP contribution in [0.1, 0.15) is 25.3 Å². The van der Waals surface area contributed by atoms with Gasteiger partial charge in [0, 0.05) is 39.5 Å². The molecule has 2 fully saturated rings. The van der Waals surface area contributed by atoms with E-state index in [9.17, 15) is 9.90 Å². The monoisotopic (exact) mass is 304 g/mol. The van der Waals surface area contributed by atoms with Crippen LogP contribution < -0.4 is 0 Å². The molecule has 2 aliphatic rings. The molecule has 1 aromatic carbocycles. The van der Waals surface area contributed by atoms with Crippen LogP contribution >= 0.6 is 0 Å². The quantitative estimate of drug-likeness (QED) is 0.926. The highest BCUT2D eigenvalue weighted by atomic mass is 16.6. The second-order valence-corrected chi connectivity index (χ2v) is 6.52. The summed E-state index contributed by atoms with van der Waals surface area (Å²) in [6.45, 7) is 4.34. The number of likely N-dealkylation sites (tertiary alicyclic amines) is 1. The average Bonchev–Trinajstić information content (AvgIpc) is 2.69. The number of amides is 1. The number of benzene rings is 1. The van der Waals surface area contributed by atoms with E-state index in [1.165, 1.54) is 10.5 Å². The fraction of sp³-hybridized carbons (Fsp3) is 0.588. The summed E-state index contributed by atoms with van der Waals surface area (Å²) in [6.07, 6.45) is 1.93. The molecule has 120 valence electrons. The molecule has 22 heavy (non-hydrogen) atoms. The standard InChI is InChI=1S/C17H24N2O3/c1-16(21)17(22-15(20)18(16)2)9-12-19(13-10-17)11-8-14-6-4-3-5-7-14/h3-7,21H,8-13H2,1-2H3. The summed E-state index contributed by atoms with van der Waals surface area (Å²) in [7, 11) is 1.60. The zero-order chi connectivity index (χ0) is 15.8. The summed E-state index contributed by atoms with van der Waals surface area (Å²) < 4.78 is 5.54. The molecule has 0 saturated carbocycles.